The van der Waals surface area contributed by atoms with E-state index in [2.05, 4.69) is 53.2 Å². The Morgan fingerprint density at radius 1 is 1.20 bits per heavy atom. The van der Waals surface area contributed by atoms with Crippen molar-refractivity contribution in [2.75, 3.05) is 11.4 Å². The summed E-state index contributed by atoms with van der Waals surface area (Å²) in [5.41, 5.74) is 9.26. The lowest BCUT2D eigenvalue weighted by Crippen LogP contribution is -2.18. The molecule has 5 heteroatoms. The number of benzene rings is 1. The summed E-state index contributed by atoms with van der Waals surface area (Å²) in [4.78, 5) is 6.35. The molecule has 3 N–H and O–H groups in total. The fraction of sp³-hybridized carbons (Fsp3) is 0.200. The molecule has 1 heterocycles. The van der Waals surface area contributed by atoms with Gasteiger partial charge in [-0.3, -0.25) is 4.98 Å². The van der Waals surface area contributed by atoms with Gasteiger partial charge in [0.2, 0.25) is 0 Å². The molecular formula is C15H18N4O. The van der Waals surface area contributed by atoms with E-state index in [-0.39, 0.29) is 5.84 Å². The first-order chi connectivity index (χ1) is 9.65. The maximum atomic E-state index is 8.63. The quantitative estimate of drug-likeness (QED) is 0.387. The number of hydrogen-bond acceptors (Lipinski definition) is 4. The van der Waals surface area contributed by atoms with Gasteiger partial charge in [0.25, 0.3) is 0 Å². The van der Waals surface area contributed by atoms with E-state index in [9.17, 15) is 0 Å². The van der Waals surface area contributed by atoms with Gasteiger partial charge in [-0.05, 0) is 38.1 Å². The minimum atomic E-state index is 0.00920. The number of nitrogens with two attached hydrogens (primary N) is 1. The molecule has 0 radical (unpaired) electrons. The first-order valence-corrected chi connectivity index (χ1v) is 6.44. The number of oxime groups is 1. The minimum Gasteiger partial charge on any atom is -0.409 e. The van der Waals surface area contributed by atoms with Crippen molar-refractivity contribution in [3.8, 4) is 0 Å². The SMILES string of the molecule is CCN(c1ccc(C)cc1)c1ccc(/C(N)=N/O)nc1. The van der Waals surface area contributed by atoms with Crippen molar-refractivity contribution < 1.29 is 5.21 Å². The van der Waals surface area contributed by atoms with E-state index in [1.54, 1.807) is 12.3 Å². The van der Waals surface area contributed by atoms with E-state index in [1.165, 1.54) is 5.56 Å². The number of nitrogens with zero attached hydrogens (tertiary/aromatic N) is 3. The van der Waals surface area contributed by atoms with Crippen molar-refractivity contribution in [1.29, 1.82) is 0 Å². The molecule has 0 aliphatic rings. The molecule has 0 aliphatic heterocycles. The Morgan fingerprint density at radius 3 is 2.35 bits per heavy atom. The maximum absolute atomic E-state index is 8.63. The molecule has 0 amide bonds. The highest BCUT2D eigenvalue weighted by Gasteiger charge is 2.08. The van der Waals surface area contributed by atoms with Gasteiger partial charge in [0.1, 0.15) is 5.69 Å². The van der Waals surface area contributed by atoms with E-state index in [4.69, 9.17) is 10.9 Å². The van der Waals surface area contributed by atoms with Gasteiger partial charge in [-0.25, -0.2) is 0 Å². The Bertz CT molecular complexity index is 590. The average molecular weight is 270 g/mol. The molecule has 1 aromatic heterocycles. The third-order valence-electron chi connectivity index (χ3n) is 3.09. The topological polar surface area (TPSA) is 74.7 Å². The molecule has 5 nitrogen and oxygen atoms in total. The van der Waals surface area contributed by atoms with Gasteiger partial charge in [-0.2, -0.15) is 0 Å². The van der Waals surface area contributed by atoms with Gasteiger partial charge < -0.3 is 15.8 Å². The predicted octanol–water partition coefficient (Wildman–Crippen LogP) is 2.64. The fourth-order valence-electron chi connectivity index (χ4n) is 1.99. The van der Waals surface area contributed by atoms with E-state index >= 15 is 0 Å². The zero-order chi connectivity index (χ0) is 14.5. The largest absolute Gasteiger partial charge is 0.409 e. The van der Waals surface area contributed by atoms with Gasteiger partial charge >= 0.3 is 0 Å². The van der Waals surface area contributed by atoms with Gasteiger partial charge in [0.05, 0.1) is 11.9 Å². The zero-order valence-corrected chi connectivity index (χ0v) is 11.6. The van der Waals surface area contributed by atoms with Crippen LogP contribution in [0, 0.1) is 6.92 Å². The van der Waals surface area contributed by atoms with Crippen LogP contribution in [0.1, 0.15) is 18.2 Å². The van der Waals surface area contributed by atoms with Crippen LogP contribution in [0.15, 0.2) is 47.8 Å². The molecule has 0 spiro atoms. The van der Waals surface area contributed by atoms with E-state index in [0.717, 1.165) is 17.9 Å². The van der Waals surface area contributed by atoms with Crippen LogP contribution < -0.4 is 10.6 Å². The summed E-state index contributed by atoms with van der Waals surface area (Å²) >= 11 is 0. The van der Waals surface area contributed by atoms with Crippen LogP contribution in [0.4, 0.5) is 11.4 Å². The molecule has 0 unspecified atom stereocenters. The average Bonchev–Trinajstić information content (AvgIpc) is 2.50. The summed E-state index contributed by atoms with van der Waals surface area (Å²) in [6, 6.07) is 12.0. The van der Waals surface area contributed by atoms with Crippen molar-refractivity contribution in [2.45, 2.75) is 13.8 Å². The molecule has 0 aliphatic carbocycles. The Kier molecular flexibility index (Phi) is 4.20. The van der Waals surface area contributed by atoms with Crippen molar-refractivity contribution in [3.63, 3.8) is 0 Å². The third-order valence-corrected chi connectivity index (χ3v) is 3.09. The molecule has 1 aromatic carbocycles. The molecule has 0 saturated heterocycles. The van der Waals surface area contributed by atoms with Crippen molar-refractivity contribution >= 4 is 17.2 Å². The Hall–Kier alpha value is -2.56. The molecule has 0 fully saturated rings. The molecule has 2 aromatic rings. The summed E-state index contributed by atoms with van der Waals surface area (Å²) in [5.74, 6) is 0.00920. The van der Waals surface area contributed by atoms with Crippen LogP contribution in [-0.2, 0) is 0 Å². The third kappa shape index (κ3) is 2.88. The summed E-state index contributed by atoms with van der Waals surface area (Å²) < 4.78 is 0. The number of amidine groups is 1. The Morgan fingerprint density at radius 2 is 1.85 bits per heavy atom. The van der Waals surface area contributed by atoms with Crippen LogP contribution in [0.3, 0.4) is 0 Å². The monoisotopic (exact) mass is 270 g/mol. The number of pyridine rings is 1. The molecule has 0 bridgehead atoms. The van der Waals surface area contributed by atoms with E-state index in [0.29, 0.717) is 5.69 Å². The predicted molar refractivity (Wildman–Crippen MR) is 80.6 cm³/mol. The second kappa shape index (κ2) is 6.06. The number of aromatic nitrogens is 1. The second-order valence-electron chi connectivity index (χ2n) is 4.47. The maximum Gasteiger partial charge on any atom is 0.188 e. The molecule has 104 valence electrons. The summed E-state index contributed by atoms with van der Waals surface area (Å²) in [7, 11) is 0. The highest BCUT2D eigenvalue weighted by molar-refractivity contribution is 5.95. The van der Waals surface area contributed by atoms with Crippen LogP contribution >= 0.6 is 0 Å². The lowest BCUT2D eigenvalue weighted by atomic mass is 10.2. The molecular weight excluding hydrogens is 252 g/mol. The normalized spacial score (nSPS) is 11.4. The van der Waals surface area contributed by atoms with Crippen LogP contribution in [0.5, 0.6) is 0 Å². The van der Waals surface area contributed by atoms with Crippen LogP contribution in [-0.4, -0.2) is 22.6 Å². The lowest BCUT2D eigenvalue weighted by Gasteiger charge is -2.23. The van der Waals surface area contributed by atoms with Gasteiger partial charge in [-0.15, -0.1) is 0 Å². The Labute approximate surface area is 118 Å². The standard InChI is InChI=1S/C15H18N4O/c1-3-19(12-6-4-11(2)5-7-12)13-8-9-14(17-10-13)15(16)18-20/h4-10,20H,3H2,1-2H3,(H2,16,18). The van der Waals surface area contributed by atoms with Crippen molar-refractivity contribution in [2.24, 2.45) is 10.9 Å². The second-order valence-corrected chi connectivity index (χ2v) is 4.47. The first-order valence-electron chi connectivity index (χ1n) is 6.44. The molecule has 20 heavy (non-hydrogen) atoms. The zero-order valence-electron chi connectivity index (χ0n) is 11.6. The van der Waals surface area contributed by atoms with Gasteiger partial charge in [0.15, 0.2) is 5.84 Å². The van der Waals surface area contributed by atoms with Crippen LogP contribution in [0.2, 0.25) is 0 Å². The summed E-state index contributed by atoms with van der Waals surface area (Å²) in [6.07, 6.45) is 1.72. The van der Waals surface area contributed by atoms with Gasteiger partial charge in [0, 0.05) is 12.2 Å². The number of anilines is 2. The van der Waals surface area contributed by atoms with Gasteiger partial charge in [-0.1, -0.05) is 22.9 Å². The molecule has 0 atom stereocenters. The molecule has 0 saturated carbocycles. The summed E-state index contributed by atoms with van der Waals surface area (Å²) in [6.45, 7) is 4.97. The van der Waals surface area contributed by atoms with E-state index in [1.807, 2.05) is 6.07 Å². The number of aryl methyl sites for hydroxylation is 1. The summed E-state index contributed by atoms with van der Waals surface area (Å²) in [5, 5.41) is 11.6. The van der Waals surface area contributed by atoms with E-state index < -0.39 is 0 Å². The van der Waals surface area contributed by atoms with Crippen molar-refractivity contribution in [1.82, 2.24) is 4.98 Å². The number of hydrogen-bond donors (Lipinski definition) is 2. The highest BCUT2D eigenvalue weighted by Crippen LogP contribution is 2.24. The minimum absolute atomic E-state index is 0.00920. The fourth-order valence-corrected chi connectivity index (χ4v) is 1.99. The molecule has 2 rings (SSSR count). The van der Waals surface area contributed by atoms with Crippen LogP contribution in [0.25, 0.3) is 0 Å². The smallest absolute Gasteiger partial charge is 0.188 e. The number of rotatable bonds is 4. The van der Waals surface area contributed by atoms with Crippen molar-refractivity contribution in [3.05, 3.63) is 53.9 Å². The highest BCUT2D eigenvalue weighted by atomic mass is 16.4. The Balaban J connectivity index is 2.30. The lowest BCUT2D eigenvalue weighted by molar-refractivity contribution is 0.318. The first kappa shape index (κ1) is 13.9.